The number of benzene rings is 2. The number of nitro groups is 1. The largest absolute Gasteiger partial charge is 0.457 e. The summed E-state index contributed by atoms with van der Waals surface area (Å²) in [6.07, 6.45) is -4.61. The Balaban J connectivity index is 2.35. The molecule has 10 heteroatoms. The van der Waals surface area contributed by atoms with Crippen LogP contribution in [0.1, 0.15) is 15.9 Å². The van der Waals surface area contributed by atoms with Gasteiger partial charge in [-0.15, -0.1) is 0 Å². The second-order valence-electron chi connectivity index (χ2n) is 4.45. The zero-order valence-electron chi connectivity index (χ0n) is 11.4. The molecule has 126 valence electrons. The van der Waals surface area contributed by atoms with Crippen LogP contribution in [0.15, 0.2) is 36.4 Å². The third-order valence-electron chi connectivity index (χ3n) is 2.86. The first-order valence-corrected chi connectivity index (χ1v) is 6.88. The molecule has 2 aromatic rings. The molecule has 2 rings (SSSR count). The molecule has 0 amide bonds. The molecule has 0 radical (unpaired) electrons. The summed E-state index contributed by atoms with van der Waals surface area (Å²) in [6, 6.07) is 5.88. The number of carbonyl (C=O) groups excluding carboxylic acids is 1. The van der Waals surface area contributed by atoms with Crippen LogP contribution in [0.5, 0.6) is 11.5 Å². The molecule has 0 aromatic heterocycles. The minimum absolute atomic E-state index is 0.0274. The molecule has 0 fully saturated rings. The van der Waals surface area contributed by atoms with E-state index in [9.17, 15) is 28.1 Å². The lowest BCUT2D eigenvalue weighted by molar-refractivity contribution is -0.385. The first-order valence-electron chi connectivity index (χ1n) is 6.12. The molecule has 0 aliphatic heterocycles. The Hall–Kier alpha value is -2.32. The van der Waals surface area contributed by atoms with E-state index in [2.05, 4.69) is 0 Å². The third-order valence-corrected chi connectivity index (χ3v) is 3.37. The van der Waals surface area contributed by atoms with Gasteiger partial charge in [-0.25, -0.2) is 0 Å². The molecule has 0 heterocycles. The molecular formula is C14H6Cl2F3NO4. The third kappa shape index (κ3) is 3.95. The van der Waals surface area contributed by atoms with Crippen molar-refractivity contribution in [2.45, 2.75) is 6.18 Å². The second kappa shape index (κ2) is 6.66. The minimum atomic E-state index is -4.61. The Bertz CT molecular complexity index is 824. The van der Waals surface area contributed by atoms with Crippen molar-refractivity contribution in [3.63, 3.8) is 0 Å². The molecule has 5 nitrogen and oxygen atoms in total. The molecule has 0 aliphatic carbocycles. The molecule has 0 atom stereocenters. The van der Waals surface area contributed by atoms with Crippen LogP contribution in [0.2, 0.25) is 5.02 Å². The van der Waals surface area contributed by atoms with Crippen molar-refractivity contribution in [3.8, 4) is 11.5 Å². The summed E-state index contributed by atoms with van der Waals surface area (Å²) < 4.78 is 43.2. The number of alkyl halides is 3. The monoisotopic (exact) mass is 379 g/mol. The Morgan fingerprint density at radius 3 is 2.21 bits per heavy atom. The predicted molar refractivity (Wildman–Crippen MR) is 79.8 cm³/mol. The number of hydrogen-bond acceptors (Lipinski definition) is 4. The van der Waals surface area contributed by atoms with Gasteiger partial charge in [-0.05, 0) is 35.9 Å². The van der Waals surface area contributed by atoms with Crippen molar-refractivity contribution in [1.29, 1.82) is 0 Å². The average Bonchev–Trinajstić information content (AvgIpc) is 2.45. The lowest BCUT2D eigenvalue weighted by Gasteiger charge is -2.11. The molecular weight excluding hydrogens is 374 g/mol. The van der Waals surface area contributed by atoms with E-state index < -0.39 is 38.2 Å². The number of carbonyl (C=O) groups is 1. The van der Waals surface area contributed by atoms with E-state index in [1.165, 1.54) is 6.07 Å². The van der Waals surface area contributed by atoms with Gasteiger partial charge in [0.15, 0.2) is 0 Å². The fourth-order valence-corrected chi connectivity index (χ4v) is 2.25. The molecule has 0 aliphatic rings. The van der Waals surface area contributed by atoms with E-state index in [1.54, 1.807) is 0 Å². The van der Waals surface area contributed by atoms with Crippen molar-refractivity contribution >= 4 is 34.1 Å². The van der Waals surface area contributed by atoms with Crippen molar-refractivity contribution in [1.82, 2.24) is 0 Å². The number of ether oxygens (including phenoxy) is 1. The van der Waals surface area contributed by atoms with Gasteiger partial charge in [0.25, 0.3) is 10.9 Å². The molecule has 0 unspecified atom stereocenters. The maximum Gasteiger partial charge on any atom is 0.417 e. The van der Waals surface area contributed by atoms with Crippen LogP contribution in [0.3, 0.4) is 0 Å². The van der Waals surface area contributed by atoms with Gasteiger partial charge in [-0.3, -0.25) is 14.9 Å². The zero-order chi connectivity index (χ0) is 18.1. The van der Waals surface area contributed by atoms with Crippen molar-refractivity contribution in [3.05, 3.63) is 62.7 Å². The SMILES string of the molecule is O=C(Cl)c1cc(Oc2ccc(C(F)(F)F)c(Cl)c2)ccc1[N+](=O)[O-]. The number of rotatable bonds is 4. The predicted octanol–water partition coefficient (Wildman–Crippen LogP) is 5.44. The van der Waals surface area contributed by atoms with Gasteiger partial charge in [0.2, 0.25) is 0 Å². The molecule has 0 bridgehead atoms. The van der Waals surface area contributed by atoms with Crippen LogP contribution in [0.25, 0.3) is 0 Å². The lowest BCUT2D eigenvalue weighted by atomic mass is 10.2. The van der Waals surface area contributed by atoms with Crippen LogP contribution >= 0.6 is 23.2 Å². The summed E-state index contributed by atoms with van der Waals surface area (Å²) >= 11 is 10.8. The van der Waals surface area contributed by atoms with Gasteiger partial charge < -0.3 is 4.74 Å². The van der Waals surface area contributed by atoms with Gasteiger partial charge in [0, 0.05) is 12.1 Å². The van der Waals surface area contributed by atoms with E-state index in [4.69, 9.17) is 27.9 Å². The molecule has 0 saturated heterocycles. The maximum absolute atomic E-state index is 12.6. The van der Waals surface area contributed by atoms with Crippen LogP contribution in [-0.4, -0.2) is 10.2 Å². The van der Waals surface area contributed by atoms with Gasteiger partial charge in [0.05, 0.1) is 15.5 Å². The standard InChI is InChI=1S/C14H6Cl2F3NO4/c15-11-6-8(1-3-10(11)14(17,18)19)24-7-2-4-12(20(22)23)9(5-7)13(16)21/h1-6H. The van der Waals surface area contributed by atoms with Crippen LogP contribution in [0, 0.1) is 10.1 Å². The van der Waals surface area contributed by atoms with E-state index >= 15 is 0 Å². The smallest absolute Gasteiger partial charge is 0.417 e. The van der Waals surface area contributed by atoms with Gasteiger partial charge in [0.1, 0.15) is 17.1 Å². The highest BCUT2D eigenvalue weighted by Gasteiger charge is 2.33. The van der Waals surface area contributed by atoms with Crippen molar-refractivity contribution < 1.29 is 27.6 Å². The van der Waals surface area contributed by atoms with E-state index in [0.717, 1.165) is 30.3 Å². The Labute approximate surface area is 142 Å². The summed E-state index contributed by atoms with van der Waals surface area (Å²) in [5.41, 5.74) is -1.96. The summed E-state index contributed by atoms with van der Waals surface area (Å²) in [6.45, 7) is 0. The highest BCUT2D eigenvalue weighted by molar-refractivity contribution is 6.68. The van der Waals surface area contributed by atoms with E-state index in [0.29, 0.717) is 0 Å². The summed E-state index contributed by atoms with van der Waals surface area (Å²) in [5.74, 6) is -0.0738. The van der Waals surface area contributed by atoms with Gasteiger partial charge in [-0.2, -0.15) is 13.2 Å². The molecule has 0 N–H and O–H groups in total. The molecule has 0 saturated carbocycles. The Morgan fingerprint density at radius 1 is 1.12 bits per heavy atom. The van der Waals surface area contributed by atoms with Gasteiger partial charge in [-0.1, -0.05) is 11.6 Å². The van der Waals surface area contributed by atoms with Crippen molar-refractivity contribution in [2.24, 2.45) is 0 Å². The minimum Gasteiger partial charge on any atom is -0.457 e. The molecule has 0 spiro atoms. The number of nitro benzene ring substituents is 1. The molecule has 2 aromatic carbocycles. The Morgan fingerprint density at radius 2 is 1.71 bits per heavy atom. The zero-order valence-corrected chi connectivity index (χ0v) is 12.9. The van der Waals surface area contributed by atoms with Crippen LogP contribution in [0.4, 0.5) is 18.9 Å². The van der Waals surface area contributed by atoms with Crippen molar-refractivity contribution in [2.75, 3.05) is 0 Å². The van der Waals surface area contributed by atoms with E-state index in [-0.39, 0.29) is 11.5 Å². The topological polar surface area (TPSA) is 69.4 Å². The second-order valence-corrected chi connectivity index (χ2v) is 5.20. The first-order chi connectivity index (χ1) is 11.1. The normalized spacial score (nSPS) is 11.2. The number of hydrogen-bond donors (Lipinski definition) is 0. The first kappa shape index (κ1) is 18.0. The fraction of sp³-hybridized carbons (Fsp3) is 0.0714. The highest BCUT2D eigenvalue weighted by Crippen LogP contribution is 2.37. The van der Waals surface area contributed by atoms with E-state index in [1.807, 2.05) is 0 Å². The Kier molecular flexibility index (Phi) is 5.00. The van der Waals surface area contributed by atoms with Crippen LogP contribution in [-0.2, 0) is 6.18 Å². The number of halogens is 5. The summed E-state index contributed by atoms with van der Waals surface area (Å²) in [4.78, 5) is 21.2. The summed E-state index contributed by atoms with van der Waals surface area (Å²) in [7, 11) is 0. The summed E-state index contributed by atoms with van der Waals surface area (Å²) in [5, 5.41) is 9.16. The quantitative estimate of drug-likeness (QED) is 0.403. The number of nitrogens with zero attached hydrogens (tertiary/aromatic N) is 1. The van der Waals surface area contributed by atoms with Crippen LogP contribution < -0.4 is 4.74 Å². The highest BCUT2D eigenvalue weighted by atomic mass is 35.5. The van der Waals surface area contributed by atoms with Gasteiger partial charge >= 0.3 is 6.18 Å². The maximum atomic E-state index is 12.6. The fourth-order valence-electron chi connectivity index (χ4n) is 1.82. The average molecular weight is 380 g/mol. The lowest BCUT2D eigenvalue weighted by Crippen LogP contribution is -2.05. The molecule has 24 heavy (non-hydrogen) atoms.